The Kier molecular flexibility index (Phi) is 5.36. The largest absolute Gasteiger partial charge is 0.507 e. The van der Waals surface area contributed by atoms with Crippen molar-refractivity contribution in [2.24, 2.45) is 5.10 Å². The van der Waals surface area contributed by atoms with E-state index in [9.17, 15) is 15.0 Å². The van der Waals surface area contributed by atoms with Crippen LogP contribution in [-0.4, -0.2) is 38.7 Å². The predicted molar refractivity (Wildman–Crippen MR) is 99.6 cm³/mol. The first kappa shape index (κ1) is 18.0. The molecule has 1 aromatic heterocycles. The van der Waals surface area contributed by atoms with E-state index in [-0.39, 0.29) is 17.2 Å². The minimum Gasteiger partial charge on any atom is -0.507 e. The lowest BCUT2D eigenvalue weighted by Crippen LogP contribution is -2.18. The summed E-state index contributed by atoms with van der Waals surface area (Å²) >= 11 is 0. The lowest BCUT2D eigenvalue weighted by atomic mass is 10.2. The smallest absolute Gasteiger partial charge is 0.295 e. The van der Waals surface area contributed by atoms with Crippen LogP contribution in [0.5, 0.6) is 17.2 Å². The van der Waals surface area contributed by atoms with Crippen molar-refractivity contribution in [2.45, 2.75) is 6.92 Å². The Morgan fingerprint density at radius 1 is 1.22 bits per heavy atom. The fraction of sp³-hybridized carbons (Fsp3) is 0.105. The monoisotopic (exact) mass is 366 g/mol. The number of carbonyl (C=O) groups excluding carboxylic acids is 1. The van der Waals surface area contributed by atoms with Gasteiger partial charge in [-0.1, -0.05) is 18.2 Å². The van der Waals surface area contributed by atoms with E-state index in [2.05, 4.69) is 15.6 Å². The molecule has 0 saturated heterocycles. The number of hydrogen-bond donors (Lipinski definition) is 3. The molecule has 0 saturated carbocycles. The molecule has 0 unspecified atom stereocenters. The zero-order valence-electron chi connectivity index (χ0n) is 14.5. The van der Waals surface area contributed by atoms with E-state index in [0.717, 1.165) is 0 Å². The minimum atomic E-state index is -0.677. The molecule has 0 fully saturated rings. The average Bonchev–Trinajstić information content (AvgIpc) is 3.06. The number of hydrogen-bond acceptors (Lipinski definition) is 6. The average molecular weight is 366 g/mol. The lowest BCUT2D eigenvalue weighted by molar-refractivity contribution is 0.0947. The highest BCUT2D eigenvalue weighted by Gasteiger charge is 2.16. The maximum absolute atomic E-state index is 12.2. The molecule has 8 heteroatoms. The summed E-state index contributed by atoms with van der Waals surface area (Å²) in [5.41, 5.74) is 3.22. The number of nitrogens with zero attached hydrogens (tertiary/aromatic N) is 3. The van der Waals surface area contributed by atoms with Gasteiger partial charge < -0.3 is 14.9 Å². The Labute approximate surface area is 155 Å². The third-order valence-corrected chi connectivity index (χ3v) is 3.61. The minimum absolute atomic E-state index is 0.0323. The van der Waals surface area contributed by atoms with E-state index in [0.29, 0.717) is 23.6 Å². The van der Waals surface area contributed by atoms with Gasteiger partial charge in [0.05, 0.1) is 24.7 Å². The number of aromatic nitrogens is 2. The molecule has 1 amide bonds. The maximum atomic E-state index is 12.2. The summed E-state index contributed by atoms with van der Waals surface area (Å²) in [7, 11) is 0. The lowest BCUT2D eigenvalue weighted by Gasteiger charge is -2.04. The second-order valence-corrected chi connectivity index (χ2v) is 5.50. The van der Waals surface area contributed by atoms with Gasteiger partial charge in [-0.3, -0.25) is 4.79 Å². The number of carbonyl (C=O) groups is 1. The first-order valence-electron chi connectivity index (χ1n) is 8.21. The molecule has 0 aliphatic rings. The molecule has 0 atom stereocenters. The summed E-state index contributed by atoms with van der Waals surface area (Å²) in [5.74, 6) is -0.443. The van der Waals surface area contributed by atoms with Crippen LogP contribution in [0.1, 0.15) is 23.0 Å². The highest BCUT2D eigenvalue weighted by atomic mass is 16.5. The van der Waals surface area contributed by atoms with Crippen molar-refractivity contribution in [1.29, 1.82) is 0 Å². The van der Waals surface area contributed by atoms with Crippen LogP contribution >= 0.6 is 0 Å². The number of benzene rings is 2. The summed E-state index contributed by atoms with van der Waals surface area (Å²) in [5, 5.41) is 27.8. The Hall–Kier alpha value is -3.81. The van der Waals surface area contributed by atoms with Crippen LogP contribution < -0.4 is 10.2 Å². The number of ether oxygens (including phenoxy) is 1. The van der Waals surface area contributed by atoms with Crippen LogP contribution in [0.15, 0.2) is 59.8 Å². The van der Waals surface area contributed by atoms with E-state index >= 15 is 0 Å². The number of phenols is 1. The molecule has 0 aliphatic heterocycles. The van der Waals surface area contributed by atoms with Crippen molar-refractivity contribution in [3.8, 4) is 22.9 Å². The number of hydrazone groups is 1. The molecule has 0 aliphatic carbocycles. The fourth-order valence-corrected chi connectivity index (χ4v) is 2.34. The molecule has 8 nitrogen and oxygen atoms in total. The summed E-state index contributed by atoms with van der Waals surface area (Å²) in [6.45, 7) is 2.33. The summed E-state index contributed by atoms with van der Waals surface area (Å²) in [6, 6.07) is 13.8. The van der Waals surface area contributed by atoms with Gasteiger partial charge >= 0.3 is 0 Å². The van der Waals surface area contributed by atoms with E-state index in [4.69, 9.17) is 4.74 Å². The van der Waals surface area contributed by atoms with Crippen molar-refractivity contribution in [1.82, 2.24) is 15.2 Å². The number of phenolic OH excluding ortho intramolecular Hbond substituents is 1. The maximum Gasteiger partial charge on any atom is 0.295 e. The Morgan fingerprint density at radius 3 is 2.70 bits per heavy atom. The van der Waals surface area contributed by atoms with Crippen LogP contribution in [0.4, 0.5) is 0 Å². The molecule has 1 heterocycles. The summed E-state index contributed by atoms with van der Waals surface area (Å²) < 4.78 is 6.68. The highest BCUT2D eigenvalue weighted by molar-refractivity contribution is 5.95. The Balaban J connectivity index is 1.69. The second kappa shape index (κ2) is 8.05. The van der Waals surface area contributed by atoms with E-state index in [1.165, 1.54) is 23.2 Å². The summed E-state index contributed by atoms with van der Waals surface area (Å²) in [4.78, 5) is 12.2. The fourth-order valence-electron chi connectivity index (χ4n) is 2.34. The van der Waals surface area contributed by atoms with E-state index < -0.39 is 5.91 Å². The van der Waals surface area contributed by atoms with Crippen molar-refractivity contribution in [2.75, 3.05) is 6.61 Å². The van der Waals surface area contributed by atoms with Crippen LogP contribution in [0.2, 0.25) is 0 Å². The third kappa shape index (κ3) is 4.24. The zero-order chi connectivity index (χ0) is 19.2. The van der Waals surface area contributed by atoms with Gasteiger partial charge in [0.15, 0.2) is 11.4 Å². The molecular weight excluding hydrogens is 348 g/mol. The normalized spacial score (nSPS) is 10.9. The number of para-hydroxylation sites is 1. The number of amides is 1. The van der Waals surface area contributed by atoms with Crippen molar-refractivity contribution >= 4 is 12.1 Å². The zero-order valence-corrected chi connectivity index (χ0v) is 14.5. The number of rotatable bonds is 6. The molecular formula is C19H18N4O4. The van der Waals surface area contributed by atoms with Gasteiger partial charge in [0.2, 0.25) is 0 Å². The Bertz CT molecular complexity index is 967. The topological polar surface area (TPSA) is 109 Å². The molecule has 0 bridgehead atoms. The van der Waals surface area contributed by atoms with Crippen LogP contribution in [0.25, 0.3) is 5.69 Å². The van der Waals surface area contributed by atoms with Gasteiger partial charge in [0.1, 0.15) is 11.5 Å². The standard InChI is InChI=1S/C19H18N4O4/c1-2-27-15-9-8-13(16(24)10-15)11-20-21-19(26)18-17(25)12-23(22-18)14-6-4-3-5-7-14/h3-12,24-25H,2H2,1H3,(H,21,26)/b20-11+. The first-order valence-corrected chi connectivity index (χ1v) is 8.21. The molecule has 2 aromatic carbocycles. The predicted octanol–water partition coefficient (Wildman–Crippen LogP) is 2.45. The third-order valence-electron chi connectivity index (χ3n) is 3.61. The van der Waals surface area contributed by atoms with Crippen LogP contribution in [0, 0.1) is 0 Å². The Morgan fingerprint density at radius 2 is 2.00 bits per heavy atom. The molecule has 3 rings (SSSR count). The summed E-state index contributed by atoms with van der Waals surface area (Å²) in [6.07, 6.45) is 2.63. The van der Waals surface area contributed by atoms with Crippen molar-refractivity contribution in [3.63, 3.8) is 0 Å². The molecule has 3 aromatic rings. The van der Waals surface area contributed by atoms with Crippen LogP contribution in [-0.2, 0) is 0 Å². The van der Waals surface area contributed by atoms with Gasteiger partial charge in [-0.25, -0.2) is 10.1 Å². The first-order chi connectivity index (χ1) is 13.1. The van der Waals surface area contributed by atoms with E-state index in [1.807, 2.05) is 25.1 Å². The molecule has 27 heavy (non-hydrogen) atoms. The van der Waals surface area contributed by atoms with Gasteiger partial charge in [-0.05, 0) is 31.2 Å². The SMILES string of the molecule is CCOc1ccc(/C=N/NC(=O)c2nn(-c3ccccc3)cc2O)c(O)c1. The van der Waals surface area contributed by atoms with Gasteiger partial charge in [-0.2, -0.15) is 10.2 Å². The van der Waals surface area contributed by atoms with E-state index in [1.54, 1.807) is 24.3 Å². The highest BCUT2D eigenvalue weighted by Crippen LogP contribution is 2.22. The van der Waals surface area contributed by atoms with Gasteiger partial charge in [0, 0.05) is 11.6 Å². The van der Waals surface area contributed by atoms with Crippen LogP contribution in [0.3, 0.4) is 0 Å². The molecule has 3 N–H and O–H groups in total. The van der Waals surface area contributed by atoms with Crippen molar-refractivity contribution < 1.29 is 19.7 Å². The quantitative estimate of drug-likeness (QED) is 0.459. The van der Waals surface area contributed by atoms with Gasteiger partial charge in [0.25, 0.3) is 5.91 Å². The van der Waals surface area contributed by atoms with Crippen molar-refractivity contribution in [3.05, 3.63) is 66.0 Å². The number of nitrogens with one attached hydrogen (secondary N) is 1. The molecule has 0 spiro atoms. The second-order valence-electron chi connectivity index (χ2n) is 5.50. The van der Waals surface area contributed by atoms with Gasteiger partial charge in [-0.15, -0.1) is 0 Å². The molecule has 0 radical (unpaired) electrons. The molecule has 138 valence electrons. The number of aromatic hydroxyl groups is 2.